The molecule has 1 N–H and O–H groups in total. The van der Waals surface area contributed by atoms with Crippen LogP contribution in [-0.4, -0.2) is 11.2 Å². The second-order valence-corrected chi connectivity index (χ2v) is 5.07. The summed E-state index contributed by atoms with van der Waals surface area (Å²) in [6.45, 7) is 0.0979. The number of ether oxygens (including phenoxy) is 1. The minimum atomic E-state index is 0.0979. The van der Waals surface area contributed by atoms with Crippen LogP contribution in [0.25, 0.3) is 0 Å². The Morgan fingerprint density at radius 2 is 1.89 bits per heavy atom. The standard InChI is InChI=1S/C17H18O2/c18-12-14-6-9-17-15(10-14)7-8-16(19-17)11-13-4-2-1-3-5-13/h1-6,9-10,16,18H,7-8,11-12H2/t16-/m0/s1. The minimum absolute atomic E-state index is 0.0979. The van der Waals surface area contributed by atoms with Crippen molar-refractivity contribution < 1.29 is 9.84 Å². The fraction of sp³-hybridized carbons (Fsp3) is 0.294. The smallest absolute Gasteiger partial charge is 0.122 e. The third-order valence-electron chi connectivity index (χ3n) is 3.64. The first kappa shape index (κ1) is 12.2. The van der Waals surface area contributed by atoms with Gasteiger partial charge in [-0.2, -0.15) is 0 Å². The van der Waals surface area contributed by atoms with Gasteiger partial charge in [0.05, 0.1) is 6.61 Å². The zero-order valence-electron chi connectivity index (χ0n) is 10.9. The van der Waals surface area contributed by atoms with Crippen LogP contribution in [0, 0.1) is 0 Å². The van der Waals surface area contributed by atoms with Crippen LogP contribution in [-0.2, 0) is 19.4 Å². The second kappa shape index (κ2) is 5.45. The Hall–Kier alpha value is -1.80. The maximum absolute atomic E-state index is 9.15. The van der Waals surface area contributed by atoms with E-state index in [9.17, 15) is 0 Å². The number of hydrogen-bond acceptors (Lipinski definition) is 2. The minimum Gasteiger partial charge on any atom is -0.490 e. The van der Waals surface area contributed by atoms with Crippen LogP contribution in [0.2, 0.25) is 0 Å². The lowest BCUT2D eigenvalue weighted by Crippen LogP contribution is -2.25. The van der Waals surface area contributed by atoms with E-state index in [4.69, 9.17) is 9.84 Å². The highest BCUT2D eigenvalue weighted by Crippen LogP contribution is 2.29. The van der Waals surface area contributed by atoms with Crippen molar-refractivity contribution in [2.45, 2.75) is 32.0 Å². The summed E-state index contributed by atoms with van der Waals surface area (Å²) in [6.07, 6.45) is 3.29. The summed E-state index contributed by atoms with van der Waals surface area (Å²) < 4.78 is 6.05. The number of aliphatic hydroxyl groups excluding tert-OH is 1. The Labute approximate surface area is 113 Å². The van der Waals surface area contributed by atoms with Crippen LogP contribution in [0.4, 0.5) is 0 Å². The van der Waals surface area contributed by atoms with Gasteiger partial charge in [-0.05, 0) is 41.7 Å². The largest absolute Gasteiger partial charge is 0.490 e. The van der Waals surface area contributed by atoms with Crippen LogP contribution in [0.3, 0.4) is 0 Å². The average Bonchev–Trinajstić information content (AvgIpc) is 2.48. The molecule has 2 heteroatoms. The van der Waals surface area contributed by atoms with Gasteiger partial charge in [0.15, 0.2) is 0 Å². The Kier molecular flexibility index (Phi) is 3.51. The van der Waals surface area contributed by atoms with E-state index >= 15 is 0 Å². The lowest BCUT2D eigenvalue weighted by atomic mass is 9.96. The normalized spacial score (nSPS) is 17.6. The molecule has 0 saturated heterocycles. The zero-order valence-corrected chi connectivity index (χ0v) is 10.9. The van der Waals surface area contributed by atoms with Crippen molar-refractivity contribution in [1.29, 1.82) is 0 Å². The molecule has 0 aliphatic carbocycles. The summed E-state index contributed by atoms with van der Waals surface area (Å²) >= 11 is 0. The summed E-state index contributed by atoms with van der Waals surface area (Å²) in [5.41, 5.74) is 3.50. The second-order valence-electron chi connectivity index (χ2n) is 5.07. The van der Waals surface area contributed by atoms with Crippen molar-refractivity contribution in [3.63, 3.8) is 0 Å². The summed E-state index contributed by atoms with van der Waals surface area (Å²) in [5, 5.41) is 9.15. The van der Waals surface area contributed by atoms with E-state index in [1.165, 1.54) is 11.1 Å². The molecule has 0 radical (unpaired) electrons. The highest BCUT2D eigenvalue weighted by molar-refractivity contribution is 5.39. The molecule has 0 spiro atoms. The Morgan fingerprint density at radius 3 is 2.68 bits per heavy atom. The number of rotatable bonds is 3. The van der Waals surface area contributed by atoms with Crippen molar-refractivity contribution >= 4 is 0 Å². The van der Waals surface area contributed by atoms with Gasteiger partial charge in [0.2, 0.25) is 0 Å². The highest BCUT2D eigenvalue weighted by atomic mass is 16.5. The van der Waals surface area contributed by atoms with Crippen LogP contribution in [0.5, 0.6) is 5.75 Å². The first-order valence-corrected chi connectivity index (χ1v) is 6.78. The van der Waals surface area contributed by atoms with Crippen molar-refractivity contribution in [2.75, 3.05) is 0 Å². The van der Waals surface area contributed by atoms with Gasteiger partial charge in [-0.3, -0.25) is 0 Å². The zero-order chi connectivity index (χ0) is 13.1. The van der Waals surface area contributed by atoms with Gasteiger partial charge >= 0.3 is 0 Å². The molecule has 0 bridgehead atoms. The van der Waals surface area contributed by atoms with Gasteiger partial charge in [-0.25, -0.2) is 0 Å². The van der Waals surface area contributed by atoms with E-state index in [0.29, 0.717) is 0 Å². The summed E-state index contributed by atoms with van der Waals surface area (Å²) in [6, 6.07) is 16.4. The lowest BCUT2D eigenvalue weighted by Gasteiger charge is -2.26. The summed E-state index contributed by atoms with van der Waals surface area (Å²) in [7, 11) is 0. The number of aryl methyl sites for hydroxylation is 1. The lowest BCUT2D eigenvalue weighted by molar-refractivity contribution is 0.173. The van der Waals surface area contributed by atoms with Crippen molar-refractivity contribution in [1.82, 2.24) is 0 Å². The fourth-order valence-corrected chi connectivity index (χ4v) is 2.62. The Balaban J connectivity index is 1.72. The highest BCUT2D eigenvalue weighted by Gasteiger charge is 2.20. The molecule has 2 aromatic rings. The third kappa shape index (κ3) is 2.79. The van der Waals surface area contributed by atoms with E-state index in [2.05, 4.69) is 24.3 Å². The molecule has 98 valence electrons. The number of aliphatic hydroxyl groups is 1. The van der Waals surface area contributed by atoms with Crippen LogP contribution >= 0.6 is 0 Å². The maximum atomic E-state index is 9.15. The van der Waals surface area contributed by atoms with Crippen LogP contribution in [0.1, 0.15) is 23.1 Å². The number of benzene rings is 2. The molecule has 2 aromatic carbocycles. The van der Waals surface area contributed by atoms with Gasteiger partial charge < -0.3 is 9.84 Å². The number of hydrogen-bond donors (Lipinski definition) is 1. The fourth-order valence-electron chi connectivity index (χ4n) is 2.62. The van der Waals surface area contributed by atoms with Crippen molar-refractivity contribution in [3.05, 3.63) is 65.2 Å². The van der Waals surface area contributed by atoms with E-state index in [1.54, 1.807) is 0 Å². The van der Waals surface area contributed by atoms with Gasteiger partial charge in [0.1, 0.15) is 11.9 Å². The molecule has 0 saturated carbocycles. The van der Waals surface area contributed by atoms with Gasteiger partial charge in [-0.1, -0.05) is 36.4 Å². The molecular weight excluding hydrogens is 236 g/mol. The van der Waals surface area contributed by atoms with Crippen molar-refractivity contribution in [3.8, 4) is 5.75 Å². The van der Waals surface area contributed by atoms with Crippen molar-refractivity contribution in [2.24, 2.45) is 0 Å². The Bertz CT molecular complexity index is 548. The molecule has 1 atom stereocenters. The SMILES string of the molecule is OCc1ccc2c(c1)CC[C@@H](Cc1ccccc1)O2. The summed E-state index contributed by atoms with van der Waals surface area (Å²) in [4.78, 5) is 0. The maximum Gasteiger partial charge on any atom is 0.122 e. The monoisotopic (exact) mass is 254 g/mol. The van der Waals surface area contributed by atoms with Crippen LogP contribution in [0.15, 0.2) is 48.5 Å². The molecule has 1 heterocycles. The number of fused-ring (bicyclic) bond motifs is 1. The molecule has 0 unspecified atom stereocenters. The molecule has 2 nitrogen and oxygen atoms in total. The van der Waals surface area contributed by atoms with Crippen LogP contribution < -0.4 is 4.74 Å². The first-order valence-electron chi connectivity index (χ1n) is 6.78. The molecule has 0 aromatic heterocycles. The predicted octanol–water partition coefficient (Wildman–Crippen LogP) is 3.12. The molecule has 0 fully saturated rings. The quantitative estimate of drug-likeness (QED) is 0.912. The van der Waals surface area contributed by atoms with Gasteiger partial charge in [0, 0.05) is 6.42 Å². The summed E-state index contributed by atoms with van der Waals surface area (Å²) in [5.74, 6) is 0.976. The predicted molar refractivity (Wildman–Crippen MR) is 75.2 cm³/mol. The third-order valence-corrected chi connectivity index (χ3v) is 3.64. The Morgan fingerprint density at radius 1 is 1.05 bits per heavy atom. The average molecular weight is 254 g/mol. The van der Waals surface area contributed by atoms with Gasteiger partial charge in [-0.15, -0.1) is 0 Å². The van der Waals surface area contributed by atoms with E-state index in [0.717, 1.165) is 30.6 Å². The van der Waals surface area contributed by atoms with Gasteiger partial charge in [0.25, 0.3) is 0 Å². The molecule has 19 heavy (non-hydrogen) atoms. The molecule has 1 aliphatic rings. The topological polar surface area (TPSA) is 29.5 Å². The molecular formula is C17H18O2. The van der Waals surface area contributed by atoms with E-state index in [1.807, 2.05) is 24.3 Å². The van der Waals surface area contributed by atoms with E-state index < -0.39 is 0 Å². The van der Waals surface area contributed by atoms with E-state index in [-0.39, 0.29) is 12.7 Å². The first-order chi connectivity index (χ1) is 9.35. The molecule has 1 aliphatic heterocycles. The molecule has 0 amide bonds. The molecule has 3 rings (SSSR count).